The fourth-order valence-corrected chi connectivity index (χ4v) is 2.79. The predicted octanol–water partition coefficient (Wildman–Crippen LogP) is 3.66. The Bertz CT molecular complexity index is 1080. The summed E-state index contributed by atoms with van der Waals surface area (Å²) in [6, 6.07) is 11.3. The van der Waals surface area contributed by atoms with Crippen molar-refractivity contribution in [1.82, 2.24) is 14.5 Å². The summed E-state index contributed by atoms with van der Waals surface area (Å²) in [5.74, 6) is -0.475. The van der Waals surface area contributed by atoms with Gasteiger partial charge in [-0.25, -0.2) is 9.18 Å². The molecule has 0 aliphatic rings. The molecule has 4 rings (SSSR count). The smallest absolute Gasteiger partial charge is 0.304 e. The molecule has 0 spiro atoms. The van der Waals surface area contributed by atoms with Crippen LogP contribution in [0.5, 0.6) is 0 Å². The van der Waals surface area contributed by atoms with Crippen LogP contribution in [0.4, 0.5) is 4.39 Å². The standard InChI is InChI=1S/C16H9ClFN3O/c17-9-5-6-12-10(7-9)15-13(8-19-12)20-16(22)21(15)14-4-2-1-3-11(14)18/h1-8H,(H,20,22). The van der Waals surface area contributed by atoms with Crippen LogP contribution in [0.15, 0.2) is 53.5 Å². The van der Waals surface area contributed by atoms with Gasteiger partial charge in [-0.15, -0.1) is 0 Å². The Morgan fingerprint density at radius 1 is 1.18 bits per heavy atom. The van der Waals surface area contributed by atoms with Crippen molar-refractivity contribution in [1.29, 1.82) is 0 Å². The van der Waals surface area contributed by atoms with Gasteiger partial charge in [0.05, 0.1) is 28.4 Å². The molecule has 2 heterocycles. The molecule has 2 aromatic heterocycles. The second-order valence-corrected chi connectivity index (χ2v) is 5.34. The van der Waals surface area contributed by atoms with Crippen molar-refractivity contribution in [3.63, 3.8) is 0 Å². The van der Waals surface area contributed by atoms with Gasteiger partial charge in [-0.3, -0.25) is 9.55 Å². The Balaban J connectivity index is 2.23. The molecule has 22 heavy (non-hydrogen) atoms. The zero-order chi connectivity index (χ0) is 15.3. The molecule has 0 saturated carbocycles. The summed E-state index contributed by atoms with van der Waals surface area (Å²) < 4.78 is 15.4. The molecule has 0 bridgehead atoms. The molecule has 4 nitrogen and oxygen atoms in total. The lowest BCUT2D eigenvalue weighted by Crippen LogP contribution is -2.15. The molecule has 0 fully saturated rings. The van der Waals surface area contributed by atoms with E-state index in [1.165, 1.54) is 10.6 Å². The zero-order valence-electron chi connectivity index (χ0n) is 11.2. The van der Waals surface area contributed by atoms with Crippen molar-refractivity contribution in [2.24, 2.45) is 0 Å². The van der Waals surface area contributed by atoms with Gasteiger partial charge in [0.15, 0.2) is 0 Å². The molecular weight excluding hydrogens is 305 g/mol. The summed E-state index contributed by atoms with van der Waals surface area (Å²) in [7, 11) is 0. The van der Waals surface area contributed by atoms with Crippen LogP contribution in [-0.2, 0) is 0 Å². The van der Waals surface area contributed by atoms with Crippen molar-refractivity contribution < 1.29 is 4.39 Å². The summed E-state index contributed by atoms with van der Waals surface area (Å²) in [4.78, 5) is 19.3. The van der Waals surface area contributed by atoms with Crippen molar-refractivity contribution in [3.05, 3.63) is 70.0 Å². The molecule has 108 valence electrons. The number of aromatic nitrogens is 3. The summed E-state index contributed by atoms with van der Waals surface area (Å²) >= 11 is 6.06. The highest BCUT2D eigenvalue weighted by molar-refractivity contribution is 6.31. The third-order valence-corrected chi connectivity index (χ3v) is 3.80. The Hall–Kier alpha value is -2.66. The van der Waals surface area contributed by atoms with E-state index in [1.54, 1.807) is 42.6 Å². The SMILES string of the molecule is O=c1[nH]c2cnc3ccc(Cl)cc3c2n1-c1ccccc1F. The minimum Gasteiger partial charge on any atom is -0.304 e. The zero-order valence-corrected chi connectivity index (χ0v) is 11.9. The molecule has 1 N–H and O–H groups in total. The fourth-order valence-electron chi connectivity index (χ4n) is 2.62. The average molecular weight is 314 g/mol. The number of rotatable bonds is 1. The van der Waals surface area contributed by atoms with Gasteiger partial charge < -0.3 is 4.98 Å². The van der Waals surface area contributed by atoms with Crippen LogP contribution in [0.2, 0.25) is 5.02 Å². The quantitative estimate of drug-likeness (QED) is 0.583. The van der Waals surface area contributed by atoms with Crippen LogP contribution in [0.1, 0.15) is 0 Å². The van der Waals surface area contributed by atoms with Crippen LogP contribution in [0, 0.1) is 5.82 Å². The molecular formula is C16H9ClFN3O. The van der Waals surface area contributed by atoms with E-state index in [0.29, 0.717) is 27.0 Å². The summed E-state index contributed by atoms with van der Waals surface area (Å²) in [5, 5.41) is 1.21. The van der Waals surface area contributed by atoms with E-state index in [9.17, 15) is 9.18 Å². The molecule has 0 unspecified atom stereocenters. The Kier molecular flexibility index (Phi) is 2.77. The molecule has 0 radical (unpaired) electrons. The fraction of sp³-hybridized carbons (Fsp3) is 0. The number of aromatic amines is 1. The lowest BCUT2D eigenvalue weighted by molar-refractivity contribution is 0.618. The number of para-hydroxylation sites is 1. The van der Waals surface area contributed by atoms with Crippen molar-refractivity contribution >= 4 is 33.5 Å². The molecule has 0 aliphatic heterocycles. The highest BCUT2D eigenvalue weighted by Gasteiger charge is 2.15. The Morgan fingerprint density at radius 2 is 2.00 bits per heavy atom. The Morgan fingerprint density at radius 3 is 2.82 bits per heavy atom. The highest BCUT2D eigenvalue weighted by atomic mass is 35.5. The maximum atomic E-state index is 14.1. The van der Waals surface area contributed by atoms with E-state index in [2.05, 4.69) is 9.97 Å². The number of imidazole rings is 1. The number of nitrogens with zero attached hydrogens (tertiary/aromatic N) is 2. The number of benzene rings is 2. The first kappa shape index (κ1) is 13.0. The van der Waals surface area contributed by atoms with E-state index in [4.69, 9.17) is 11.6 Å². The monoisotopic (exact) mass is 313 g/mol. The maximum absolute atomic E-state index is 14.1. The van der Waals surface area contributed by atoms with Gasteiger partial charge in [0.1, 0.15) is 5.82 Å². The van der Waals surface area contributed by atoms with E-state index < -0.39 is 11.5 Å². The average Bonchev–Trinajstić information content (AvgIpc) is 2.84. The van der Waals surface area contributed by atoms with Gasteiger partial charge in [-0.2, -0.15) is 0 Å². The Labute approximate surface area is 128 Å². The van der Waals surface area contributed by atoms with Crippen molar-refractivity contribution in [2.75, 3.05) is 0 Å². The number of hydrogen-bond donors (Lipinski definition) is 1. The van der Waals surface area contributed by atoms with E-state index >= 15 is 0 Å². The molecule has 0 amide bonds. The molecule has 0 saturated heterocycles. The number of H-pyrrole nitrogens is 1. The van der Waals surface area contributed by atoms with Crippen LogP contribution >= 0.6 is 11.6 Å². The van der Waals surface area contributed by atoms with Crippen LogP contribution in [-0.4, -0.2) is 14.5 Å². The first-order valence-corrected chi connectivity index (χ1v) is 6.97. The number of fused-ring (bicyclic) bond motifs is 3. The third kappa shape index (κ3) is 1.83. The second-order valence-electron chi connectivity index (χ2n) is 4.90. The van der Waals surface area contributed by atoms with Gasteiger partial charge >= 0.3 is 5.69 Å². The van der Waals surface area contributed by atoms with Gasteiger partial charge in [-0.05, 0) is 30.3 Å². The number of nitrogens with one attached hydrogen (secondary N) is 1. The van der Waals surface area contributed by atoms with Crippen LogP contribution in [0.25, 0.3) is 27.6 Å². The van der Waals surface area contributed by atoms with Gasteiger partial charge in [-0.1, -0.05) is 23.7 Å². The molecule has 2 aromatic carbocycles. The largest absolute Gasteiger partial charge is 0.331 e. The predicted molar refractivity (Wildman–Crippen MR) is 84.2 cm³/mol. The summed E-state index contributed by atoms with van der Waals surface area (Å²) in [6.45, 7) is 0. The molecule has 6 heteroatoms. The lowest BCUT2D eigenvalue weighted by atomic mass is 10.2. The van der Waals surface area contributed by atoms with Gasteiger partial charge in [0.2, 0.25) is 0 Å². The number of hydrogen-bond acceptors (Lipinski definition) is 2. The topological polar surface area (TPSA) is 50.7 Å². The summed E-state index contributed by atoms with van der Waals surface area (Å²) in [6.07, 6.45) is 1.56. The van der Waals surface area contributed by atoms with Gasteiger partial charge in [0.25, 0.3) is 0 Å². The summed E-state index contributed by atoms with van der Waals surface area (Å²) in [5.41, 5.74) is 1.53. The van der Waals surface area contributed by atoms with Gasteiger partial charge in [0, 0.05) is 10.4 Å². The first-order chi connectivity index (χ1) is 10.6. The van der Waals surface area contributed by atoms with E-state index in [-0.39, 0.29) is 5.69 Å². The van der Waals surface area contributed by atoms with Crippen LogP contribution < -0.4 is 5.69 Å². The van der Waals surface area contributed by atoms with Crippen molar-refractivity contribution in [2.45, 2.75) is 0 Å². The molecule has 0 atom stereocenters. The second kappa shape index (κ2) is 4.68. The highest BCUT2D eigenvalue weighted by Crippen LogP contribution is 2.27. The first-order valence-electron chi connectivity index (χ1n) is 6.59. The molecule has 0 aliphatic carbocycles. The third-order valence-electron chi connectivity index (χ3n) is 3.56. The normalized spacial score (nSPS) is 11.4. The number of pyridine rings is 1. The minimum absolute atomic E-state index is 0.186. The maximum Gasteiger partial charge on any atom is 0.331 e. The lowest BCUT2D eigenvalue weighted by Gasteiger charge is -2.07. The number of halogens is 2. The van der Waals surface area contributed by atoms with Crippen molar-refractivity contribution in [3.8, 4) is 5.69 Å². The van der Waals surface area contributed by atoms with E-state index in [0.717, 1.165) is 0 Å². The molecule has 4 aromatic rings. The van der Waals surface area contributed by atoms with E-state index in [1.807, 2.05) is 0 Å². The minimum atomic E-state index is -0.475. The van der Waals surface area contributed by atoms with Crippen LogP contribution in [0.3, 0.4) is 0 Å².